The Hall–Kier alpha value is -1.23. The zero-order valence-corrected chi connectivity index (χ0v) is 12.2. The smallest absolute Gasteiger partial charge is 0.337 e. The number of hydrogen-bond donors (Lipinski definition) is 0. The first-order valence-corrected chi connectivity index (χ1v) is 6.80. The van der Waals surface area contributed by atoms with Crippen molar-refractivity contribution < 1.29 is 19.0 Å². The standard InChI is InChI=1S/C13H17BrO4/c1-16-11-6-5-10(13(15)17-2)9-12(11)18-8-4-3-7-14/h5-6,9H,3-4,7-8H2,1-2H3. The van der Waals surface area contributed by atoms with Crippen molar-refractivity contribution in [3.63, 3.8) is 0 Å². The average Bonchev–Trinajstić information content (AvgIpc) is 2.42. The molecule has 0 spiro atoms. The molecule has 0 fully saturated rings. The summed E-state index contributed by atoms with van der Waals surface area (Å²) < 4.78 is 15.5. The van der Waals surface area contributed by atoms with Gasteiger partial charge in [0.05, 0.1) is 26.4 Å². The Labute approximate surface area is 115 Å². The zero-order chi connectivity index (χ0) is 13.4. The predicted octanol–water partition coefficient (Wildman–Crippen LogP) is 3.04. The van der Waals surface area contributed by atoms with E-state index in [1.54, 1.807) is 25.3 Å². The van der Waals surface area contributed by atoms with Gasteiger partial charge < -0.3 is 14.2 Å². The van der Waals surface area contributed by atoms with Crippen LogP contribution in [0.25, 0.3) is 0 Å². The largest absolute Gasteiger partial charge is 0.493 e. The number of methoxy groups -OCH3 is 2. The number of esters is 1. The lowest BCUT2D eigenvalue weighted by atomic mass is 10.2. The van der Waals surface area contributed by atoms with Crippen molar-refractivity contribution in [3.8, 4) is 11.5 Å². The van der Waals surface area contributed by atoms with E-state index in [0.29, 0.717) is 23.7 Å². The predicted molar refractivity (Wildman–Crippen MR) is 72.9 cm³/mol. The second-order valence-electron chi connectivity index (χ2n) is 3.60. The molecule has 0 aromatic heterocycles. The molecule has 0 radical (unpaired) electrons. The molecular weight excluding hydrogens is 300 g/mol. The molecule has 0 atom stereocenters. The highest BCUT2D eigenvalue weighted by molar-refractivity contribution is 9.09. The summed E-state index contributed by atoms with van der Waals surface area (Å²) in [6.07, 6.45) is 1.98. The Bertz CT molecular complexity index is 393. The van der Waals surface area contributed by atoms with Crippen LogP contribution in [0.2, 0.25) is 0 Å². The molecule has 1 rings (SSSR count). The van der Waals surface area contributed by atoms with E-state index < -0.39 is 0 Å². The number of unbranched alkanes of at least 4 members (excludes halogenated alkanes) is 1. The molecular formula is C13H17BrO4. The van der Waals surface area contributed by atoms with E-state index in [9.17, 15) is 4.79 Å². The maximum absolute atomic E-state index is 11.4. The van der Waals surface area contributed by atoms with Gasteiger partial charge in [-0.25, -0.2) is 4.79 Å². The topological polar surface area (TPSA) is 44.8 Å². The van der Waals surface area contributed by atoms with Crippen molar-refractivity contribution in [2.75, 3.05) is 26.2 Å². The zero-order valence-electron chi connectivity index (χ0n) is 10.6. The maximum atomic E-state index is 11.4. The normalized spacial score (nSPS) is 9.94. The molecule has 0 unspecified atom stereocenters. The van der Waals surface area contributed by atoms with Gasteiger partial charge in [-0.05, 0) is 31.0 Å². The molecule has 4 nitrogen and oxygen atoms in total. The van der Waals surface area contributed by atoms with Crippen molar-refractivity contribution in [1.82, 2.24) is 0 Å². The molecule has 0 amide bonds. The number of ether oxygens (including phenoxy) is 3. The molecule has 0 saturated carbocycles. The van der Waals surface area contributed by atoms with Crippen LogP contribution in [-0.2, 0) is 4.74 Å². The number of rotatable bonds is 7. The summed E-state index contributed by atoms with van der Waals surface area (Å²) in [6, 6.07) is 4.99. The van der Waals surface area contributed by atoms with E-state index in [1.807, 2.05) is 0 Å². The van der Waals surface area contributed by atoms with Crippen LogP contribution in [0.5, 0.6) is 11.5 Å². The Balaban J connectivity index is 2.75. The van der Waals surface area contributed by atoms with Gasteiger partial charge in [0, 0.05) is 5.33 Å². The fraction of sp³-hybridized carbons (Fsp3) is 0.462. The van der Waals surface area contributed by atoms with Crippen molar-refractivity contribution >= 4 is 21.9 Å². The van der Waals surface area contributed by atoms with Gasteiger partial charge in [-0.3, -0.25) is 0 Å². The summed E-state index contributed by atoms with van der Waals surface area (Å²) in [4.78, 5) is 11.4. The molecule has 1 aromatic rings. The highest BCUT2D eigenvalue weighted by Gasteiger charge is 2.11. The quantitative estimate of drug-likeness (QED) is 0.440. The SMILES string of the molecule is COC(=O)c1ccc(OC)c(OCCCCBr)c1. The Morgan fingerprint density at radius 2 is 2.00 bits per heavy atom. The molecule has 0 bridgehead atoms. The van der Waals surface area contributed by atoms with E-state index in [1.165, 1.54) is 7.11 Å². The Morgan fingerprint density at radius 3 is 2.61 bits per heavy atom. The fourth-order valence-corrected chi connectivity index (χ4v) is 1.81. The summed E-state index contributed by atoms with van der Waals surface area (Å²) in [6.45, 7) is 0.590. The second kappa shape index (κ2) is 7.97. The van der Waals surface area contributed by atoms with Crippen LogP contribution in [0, 0.1) is 0 Å². The number of hydrogen-bond acceptors (Lipinski definition) is 4. The number of alkyl halides is 1. The molecule has 0 N–H and O–H groups in total. The van der Waals surface area contributed by atoms with E-state index in [4.69, 9.17) is 9.47 Å². The van der Waals surface area contributed by atoms with Gasteiger partial charge in [0.15, 0.2) is 11.5 Å². The van der Waals surface area contributed by atoms with Gasteiger partial charge >= 0.3 is 5.97 Å². The van der Waals surface area contributed by atoms with E-state index in [0.717, 1.165) is 18.2 Å². The summed E-state index contributed by atoms with van der Waals surface area (Å²) in [5.74, 6) is 0.791. The third kappa shape index (κ3) is 4.22. The summed E-state index contributed by atoms with van der Waals surface area (Å²) in [5.41, 5.74) is 0.453. The fourth-order valence-electron chi connectivity index (χ4n) is 1.41. The molecule has 18 heavy (non-hydrogen) atoms. The van der Waals surface area contributed by atoms with E-state index in [2.05, 4.69) is 20.7 Å². The molecule has 1 aromatic carbocycles. The summed E-state index contributed by atoms with van der Waals surface area (Å²) in [7, 11) is 2.92. The van der Waals surface area contributed by atoms with Gasteiger partial charge in [-0.15, -0.1) is 0 Å². The number of halogens is 1. The third-order valence-corrected chi connectivity index (χ3v) is 2.93. The number of carbonyl (C=O) groups is 1. The number of carbonyl (C=O) groups excluding carboxylic acids is 1. The lowest BCUT2D eigenvalue weighted by Gasteiger charge is -2.11. The third-order valence-electron chi connectivity index (χ3n) is 2.37. The molecule has 100 valence electrons. The summed E-state index contributed by atoms with van der Waals surface area (Å²) in [5, 5.41) is 0.954. The first kappa shape index (κ1) is 14.8. The van der Waals surface area contributed by atoms with Crippen LogP contribution < -0.4 is 9.47 Å². The molecule has 0 aliphatic heterocycles. The molecule has 0 saturated heterocycles. The molecule has 5 heteroatoms. The van der Waals surface area contributed by atoms with Gasteiger partial charge in [-0.2, -0.15) is 0 Å². The highest BCUT2D eigenvalue weighted by atomic mass is 79.9. The highest BCUT2D eigenvalue weighted by Crippen LogP contribution is 2.28. The van der Waals surface area contributed by atoms with Gasteiger partial charge in [0.25, 0.3) is 0 Å². The minimum atomic E-state index is -0.386. The molecule has 0 aliphatic carbocycles. The van der Waals surface area contributed by atoms with Crippen LogP contribution in [0.3, 0.4) is 0 Å². The minimum absolute atomic E-state index is 0.386. The molecule has 0 heterocycles. The van der Waals surface area contributed by atoms with Crippen molar-refractivity contribution in [1.29, 1.82) is 0 Å². The first-order valence-electron chi connectivity index (χ1n) is 5.68. The van der Waals surface area contributed by atoms with E-state index in [-0.39, 0.29) is 5.97 Å². The average molecular weight is 317 g/mol. The minimum Gasteiger partial charge on any atom is -0.493 e. The van der Waals surface area contributed by atoms with Crippen molar-refractivity contribution in [2.45, 2.75) is 12.8 Å². The van der Waals surface area contributed by atoms with Gasteiger partial charge in [-0.1, -0.05) is 15.9 Å². The number of benzene rings is 1. The van der Waals surface area contributed by atoms with Crippen molar-refractivity contribution in [2.24, 2.45) is 0 Å². The monoisotopic (exact) mass is 316 g/mol. The van der Waals surface area contributed by atoms with Crippen LogP contribution in [0.15, 0.2) is 18.2 Å². The van der Waals surface area contributed by atoms with Crippen molar-refractivity contribution in [3.05, 3.63) is 23.8 Å². The second-order valence-corrected chi connectivity index (χ2v) is 4.39. The first-order chi connectivity index (χ1) is 8.72. The Morgan fingerprint density at radius 1 is 1.22 bits per heavy atom. The van der Waals surface area contributed by atoms with Gasteiger partial charge in [0.1, 0.15) is 0 Å². The lowest BCUT2D eigenvalue weighted by molar-refractivity contribution is 0.0600. The van der Waals surface area contributed by atoms with Crippen LogP contribution in [0.1, 0.15) is 23.2 Å². The molecule has 0 aliphatic rings. The van der Waals surface area contributed by atoms with Crippen LogP contribution in [-0.4, -0.2) is 32.1 Å². The van der Waals surface area contributed by atoms with E-state index >= 15 is 0 Å². The van der Waals surface area contributed by atoms with Crippen LogP contribution >= 0.6 is 15.9 Å². The maximum Gasteiger partial charge on any atom is 0.337 e. The lowest BCUT2D eigenvalue weighted by Crippen LogP contribution is -2.04. The van der Waals surface area contributed by atoms with Gasteiger partial charge in [0.2, 0.25) is 0 Å². The Kier molecular flexibility index (Phi) is 6.57. The van der Waals surface area contributed by atoms with Crippen LogP contribution in [0.4, 0.5) is 0 Å². The summed E-state index contributed by atoms with van der Waals surface area (Å²) >= 11 is 3.36.